The first kappa shape index (κ1) is 16.9. The Kier molecular flexibility index (Phi) is 4.62. The molecule has 27 heavy (non-hydrogen) atoms. The highest BCUT2D eigenvalue weighted by atomic mass is 16.1. The molecule has 4 rings (SSSR count). The molecule has 0 fully saturated rings. The second-order valence-corrected chi connectivity index (χ2v) is 6.42. The number of hydrogen-bond acceptors (Lipinski definition) is 3. The highest BCUT2D eigenvalue weighted by Gasteiger charge is 2.14. The summed E-state index contributed by atoms with van der Waals surface area (Å²) in [6, 6.07) is 21.4. The van der Waals surface area contributed by atoms with Crippen molar-refractivity contribution >= 4 is 16.8 Å². The van der Waals surface area contributed by atoms with Gasteiger partial charge in [0.25, 0.3) is 5.91 Å². The Morgan fingerprint density at radius 1 is 1.00 bits per heavy atom. The number of carbonyl (C=O) groups is 1. The fraction of sp³-hybridized carbons (Fsp3) is 0.0870. The zero-order chi connectivity index (χ0) is 18.6. The summed E-state index contributed by atoms with van der Waals surface area (Å²) in [5.41, 5.74) is 5.30. The van der Waals surface area contributed by atoms with Crippen LogP contribution >= 0.6 is 0 Å². The molecule has 0 aliphatic heterocycles. The average Bonchev–Trinajstić information content (AvgIpc) is 2.73. The number of nitrogens with one attached hydrogen (secondary N) is 1. The van der Waals surface area contributed by atoms with E-state index in [0.29, 0.717) is 12.1 Å². The molecule has 0 bridgehead atoms. The van der Waals surface area contributed by atoms with Crippen LogP contribution in [0.25, 0.3) is 22.2 Å². The molecule has 0 saturated carbocycles. The van der Waals surface area contributed by atoms with Crippen LogP contribution in [-0.4, -0.2) is 15.9 Å². The zero-order valence-corrected chi connectivity index (χ0v) is 15.0. The smallest absolute Gasteiger partial charge is 0.252 e. The second kappa shape index (κ2) is 7.38. The minimum absolute atomic E-state index is 0.109. The first-order valence-electron chi connectivity index (χ1n) is 8.85. The number of pyridine rings is 2. The Morgan fingerprint density at radius 2 is 1.81 bits per heavy atom. The van der Waals surface area contributed by atoms with Crippen molar-refractivity contribution in [2.75, 3.05) is 0 Å². The summed E-state index contributed by atoms with van der Waals surface area (Å²) < 4.78 is 0. The number of aromatic nitrogens is 2. The standard InChI is InChI=1S/C23H19N3O/c1-16-7-2-3-8-17(16)15-25-23(27)20-13-22(18-9-6-12-24-14-18)26-21-11-5-4-10-19(20)21/h2-14H,15H2,1H3,(H,25,27). The summed E-state index contributed by atoms with van der Waals surface area (Å²) in [7, 11) is 0. The van der Waals surface area contributed by atoms with E-state index in [1.807, 2.05) is 73.7 Å². The van der Waals surface area contributed by atoms with Gasteiger partial charge in [0.2, 0.25) is 0 Å². The molecule has 2 aromatic carbocycles. The Morgan fingerprint density at radius 3 is 2.63 bits per heavy atom. The normalized spacial score (nSPS) is 10.7. The third-order valence-corrected chi connectivity index (χ3v) is 4.62. The minimum atomic E-state index is -0.109. The van der Waals surface area contributed by atoms with Gasteiger partial charge in [-0.1, -0.05) is 42.5 Å². The van der Waals surface area contributed by atoms with E-state index in [1.165, 1.54) is 0 Å². The zero-order valence-electron chi connectivity index (χ0n) is 15.0. The van der Waals surface area contributed by atoms with Crippen LogP contribution in [-0.2, 0) is 6.54 Å². The molecule has 1 amide bonds. The molecule has 0 spiro atoms. The quantitative estimate of drug-likeness (QED) is 0.586. The van der Waals surface area contributed by atoms with Crippen LogP contribution in [0.5, 0.6) is 0 Å². The van der Waals surface area contributed by atoms with Crippen LogP contribution in [0, 0.1) is 6.92 Å². The van der Waals surface area contributed by atoms with E-state index in [4.69, 9.17) is 4.98 Å². The van der Waals surface area contributed by atoms with Crippen molar-refractivity contribution < 1.29 is 4.79 Å². The van der Waals surface area contributed by atoms with E-state index in [1.54, 1.807) is 12.4 Å². The van der Waals surface area contributed by atoms with Crippen molar-refractivity contribution in [1.29, 1.82) is 0 Å². The van der Waals surface area contributed by atoms with Crippen LogP contribution in [0.15, 0.2) is 79.1 Å². The van der Waals surface area contributed by atoms with Crippen molar-refractivity contribution in [1.82, 2.24) is 15.3 Å². The molecule has 2 heterocycles. The molecule has 0 unspecified atom stereocenters. The summed E-state index contributed by atoms with van der Waals surface area (Å²) in [6.07, 6.45) is 3.48. The van der Waals surface area contributed by atoms with Crippen molar-refractivity contribution in [2.45, 2.75) is 13.5 Å². The molecular weight excluding hydrogens is 334 g/mol. The maximum atomic E-state index is 13.0. The lowest BCUT2D eigenvalue weighted by molar-refractivity contribution is 0.0952. The number of amides is 1. The lowest BCUT2D eigenvalue weighted by atomic mass is 10.0. The highest BCUT2D eigenvalue weighted by Crippen LogP contribution is 2.24. The van der Waals surface area contributed by atoms with E-state index < -0.39 is 0 Å². The van der Waals surface area contributed by atoms with Crippen molar-refractivity contribution in [3.05, 3.63) is 95.8 Å². The van der Waals surface area contributed by atoms with E-state index >= 15 is 0 Å². The average molecular weight is 353 g/mol. The lowest BCUT2D eigenvalue weighted by Crippen LogP contribution is -2.23. The van der Waals surface area contributed by atoms with Gasteiger partial charge in [-0.15, -0.1) is 0 Å². The first-order chi connectivity index (χ1) is 13.2. The predicted molar refractivity (Wildman–Crippen MR) is 107 cm³/mol. The second-order valence-electron chi connectivity index (χ2n) is 6.42. The summed E-state index contributed by atoms with van der Waals surface area (Å²) in [5.74, 6) is -0.109. The van der Waals surface area contributed by atoms with Crippen molar-refractivity contribution in [2.24, 2.45) is 0 Å². The molecule has 132 valence electrons. The van der Waals surface area contributed by atoms with Gasteiger partial charge < -0.3 is 5.32 Å². The monoisotopic (exact) mass is 353 g/mol. The maximum Gasteiger partial charge on any atom is 0.252 e. The molecule has 0 saturated heterocycles. The Balaban J connectivity index is 1.71. The van der Waals surface area contributed by atoms with E-state index in [2.05, 4.69) is 10.3 Å². The Bertz CT molecular complexity index is 1110. The number of fused-ring (bicyclic) bond motifs is 1. The summed E-state index contributed by atoms with van der Waals surface area (Å²) in [6.45, 7) is 2.54. The molecular formula is C23H19N3O. The van der Waals surface area contributed by atoms with Gasteiger partial charge in [0, 0.05) is 29.9 Å². The number of nitrogens with zero attached hydrogens (tertiary/aromatic N) is 2. The number of benzene rings is 2. The molecule has 0 radical (unpaired) electrons. The third kappa shape index (κ3) is 3.55. The van der Waals surface area contributed by atoms with Crippen molar-refractivity contribution in [3.63, 3.8) is 0 Å². The molecule has 0 aliphatic carbocycles. The van der Waals surface area contributed by atoms with Gasteiger partial charge in [0.15, 0.2) is 0 Å². The van der Waals surface area contributed by atoms with Crippen molar-refractivity contribution in [3.8, 4) is 11.3 Å². The molecule has 2 aromatic heterocycles. The van der Waals surface area contributed by atoms with Gasteiger partial charge in [-0.05, 0) is 42.3 Å². The lowest BCUT2D eigenvalue weighted by Gasteiger charge is -2.11. The Labute approximate surface area is 157 Å². The van der Waals surface area contributed by atoms with Crippen LogP contribution in [0.2, 0.25) is 0 Å². The van der Waals surface area contributed by atoms with Gasteiger partial charge >= 0.3 is 0 Å². The van der Waals surface area contributed by atoms with E-state index in [0.717, 1.165) is 33.3 Å². The van der Waals surface area contributed by atoms with Gasteiger partial charge in [0.1, 0.15) is 0 Å². The van der Waals surface area contributed by atoms with Gasteiger partial charge in [0.05, 0.1) is 16.8 Å². The van der Waals surface area contributed by atoms with E-state index in [9.17, 15) is 4.79 Å². The SMILES string of the molecule is Cc1ccccc1CNC(=O)c1cc(-c2cccnc2)nc2ccccc12. The topological polar surface area (TPSA) is 54.9 Å². The summed E-state index contributed by atoms with van der Waals surface area (Å²) in [4.78, 5) is 21.8. The molecule has 4 aromatic rings. The number of aryl methyl sites for hydroxylation is 1. The number of rotatable bonds is 4. The number of carbonyl (C=O) groups excluding carboxylic acids is 1. The summed E-state index contributed by atoms with van der Waals surface area (Å²) >= 11 is 0. The molecule has 0 aliphatic rings. The van der Waals surface area contributed by atoms with Gasteiger partial charge in [-0.25, -0.2) is 4.98 Å². The van der Waals surface area contributed by atoms with Gasteiger partial charge in [-0.2, -0.15) is 0 Å². The van der Waals surface area contributed by atoms with E-state index in [-0.39, 0.29) is 5.91 Å². The molecule has 4 heteroatoms. The van der Waals surface area contributed by atoms with Crippen LogP contribution in [0.1, 0.15) is 21.5 Å². The molecule has 4 nitrogen and oxygen atoms in total. The fourth-order valence-corrected chi connectivity index (χ4v) is 3.10. The largest absolute Gasteiger partial charge is 0.348 e. The summed E-state index contributed by atoms with van der Waals surface area (Å²) in [5, 5.41) is 3.88. The first-order valence-corrected chi connectivity index (χ1v) is 8.85. The minimum Gasteiger partial charge on any atom is -0.348 e. The van der Waals surface area contributed by atoms with Crippen LogP contribution in [0.4, 0.5) is 0 Å². The number of hydrogen-bond donors (Lipinski definition) is 1. The Hall–Kier alpha value is -3.53. The predicted octanol–water partition coefficient (Wildman–Crippen LogP) is 4.54. The molecule has 1 N–H and O–H groups in total. The highest BCUT2D eigenvalue weighted by molar-refractivity contribution is 6.07. The van der Waals surface area contributed by atoms with Gasteiger partial charge in [-0.3, -0.25) is 9.78 Å². The third-order valence-electron chi connectivity index (χ3n) is 4.62. The maximum absolute atomic E-state index is 13.0. The fourth-order valence-electron chi connectivity index (χ4n) is 3.10. The number of para-hydroxylation sites is 1. The van der Waals surface area contributed by atoms with Crippen LogP contribution < -0.4 is 5.32 Å². The molecule has 0 atom stereocenters. The van der Waals surface area contributed by atoms with Crippen LogP contribution in [0.3, 0.4) is 0 Å².